The highest BCUT2D eigenvalue weighted by Gasteiger charge is 2.19. The molecule has 1 aliphatic carbocycles. The minimum Gasteiger partial charge on any atom is -0.311 e. The van der Waals surface area contributed by atoms with Crippen LogP contribution in [0.3, 0.4) is 0 Å². The van der Waals surface area contributed by atoms with Crippen molar-refractivity contribution < 1.29 is 0 Å². The molecule has 1 aromatic heterocycles. The average molecular weight is 179 g/mol. The lowest BCUT2D eigenvalue weighted by Gasteiger charge is -2.00. The molecule has 0 unspecified atom stereocenters. The summed E-state index contributed by atoms with van der Waals surface area (Å²) < 4.78 is 1.85. The van der Waals surface area contributed by atoms with Crippen molar-refractivity contribution in [2.45, 2.75) is 25.8 Å². The molecule has 1 fully saturated rings. The summed E-state index contributed by atoms with van der Waals surface area (Å²) in [6.45, 7) is 2.05. The molecule has 1 heterocycles. The Bertz CT molecular complexity index is 263. The molecule has 13 heavy (non-hydrogen) atoms. The van der Waals surface area contributed by atoms with Gasteiger partial charge >= 0.3 is 0 Å². The van der Waals surface area contributed by atoms with E-state index >= 15 is 0 Å². The first-order chi connectivity index (χ1) is 6.34. The maximum atomic E-state index is 4.30. The Morgan fingerprint density at radius 3 is 3.08 bits per heavy atom. The maximum Gasteiger partial charge on any atom is 0.0762 e. The maximum absolute atomic E-state index is 4.30. The van der Waals surface area contributed by atoms with E-state index in [0.29, 0.717) is 0 Å². The van der Waals surface area contributed by atoms with Gasteiger partial charge in [-0.2, -0.15) is 5.10 Å². The van der Waals surface area contributed by atoms with E-state index in [0.717, 1.165) is 24.7 Å². The van der Waals surface area contributed by atoms with Crippen LogP contribution in [-0.2, 0) is 13.6 Å². The Labute approximate surface area is 79.1 Å². The summed E-state index contributed by atoms with van der Waals surface area (Å²) in [6, 6.07) is 2.06. The highest BCUT2D eigenvalue weighted by Crippen LogP contribution is 2.31. The molecule has 0 aliphatic heterocycles. The van der Waals surface area contributed by atoms with Crippen molar-refractivity contribution in [1.29, 1.82) is 0 Å². The Kier molecular flexibility index (Phi) is 2.64. The van der Waals surface area contributed by atoms with Gasteiger partial charge in [0, 0.05) is 19.8 Å². The van der Waals surface area contributed by atoms with Gasteiger partial charge in [0.1, 0.15) is 0 Å². The number of hydrogen-bond acceptors (Lipinski definition) is 2. The molecule has 1 aliphatic rings. The predicted molar refractivity (Wildman–Crippen MR) is 52.3 cm³/mol. The Balaban J connectivity index is 1.61. The lowest BCUT2D eigenvalue weighted by atomic mass is 10.3. The van der Waals surface area contributed by atoms with Crippen molar-refractivity contribution >= 4 is 0 Å². The van der Waals surface area contributed by atoms with E-state index in [1.165, 1.54) is 19.3 Å². The van der Waals surface area contributed by atoms with Gasteiger partial charge in [-0.25, -0.2) is 0 Å². The van der Waals surface area contributed by atoms with Gasteiger partial charge in [0.2, 0.25) is 0 Å². The summed E-state index contributed by atoms with van der Waals surface area (Å²) in [7, 11) is 1.95. The largest absolute Gasteiger partial charge is 0.311 e. The second-order valence-electron chi connectivity index (χ2n) is 3.89. The monoisotopic (exact) mass is 179 g/mol. The highest BCUT2D eigenvalue weighted by atomic mass is 15.3. The van der Waals surface area contributed by atoms with Crippen molar-refractivity contribution in [3.63, 3.8) is 0 Å². The number of aryl methyl sites for hydroxylation is 1. The standard InChI is InChI=1S/C10H17N3/c1-13-7-5-10(12-13)8-11-6-4-9-2-3-9/h5,7,9,11H,2-4,6,8H2,1H3. The van der Waals surface area contributed by atoms with Crippen molar-refractivity contribution in [2.75, 3.05) is 6.54 Å². The smallest absolute Gasteiger partial charge is 0.0762 e. The van der Waals surface area contributed by atoms with Crippen LogP contribution in [0.2, 0.25) is 0 Å². The fourth-order valence-electron chi connectivity index (χ4n) is 1.49. The zero-order chi connectivity index (χ0) is 9.10. The Morgan fingerprint density at radius 2 is 2.46 bits per heavy atom. The molecule has 72 valence electrons. The topological polar surface area (TPSA) is 29.9 Å². The van der Waals surface area contributed by atoms with E-state index < -0.39 is 0 Å². The first-order valence-electron chi connectivity index (χ1n) is 5.04. The molecule has 2 rings (SSSR count). The molecular weight excluding hydrogens is 162 g/mol. The molecule has 0 spiro atoms. The van der Waals surface area contributed by atoms with Crippen LogP contribution >= 0.6 is 0 Å². The van der Waals surface area contributed by atoms with Gasteiger partial charge in [-0.15, -0.1) is 0 Å². The predicted octanol–water partition coefficient (Wildman–Crippen LogP) is 1.31. The van der Waals surface area contributed by atoms with E-state index in [-0.39, 0.29) is 0 Å². The minimum atomic E-state index is 0.910. The molecule has 0 aromatic carbocycles. The van der Waals surface area contributed by atoms with Gasteiger partial charge < -0.3 is 5.32 Å². The number of aromatic nitrogens is 2. The van der Waals surface area contributed by atoms with E-state index in [9.17, 15) is 0 Å². The van der Waals surface area contributed by atoms with Crippen molar-refractivity contribution in [2.24, 2.45) is 13.0 Å². The number of hydrogen-bond donors (Lipinski definition) is 1. The number of nitrogens with zero attached hydrogens (tertiary/aromatic N) is 2. The fraction of sp³-hybridized carbons (Fsp3) is 0.700. The molecule has 0 amide bonds. The molecule has 0 atom stereocenters. The summed E-state index contributed by atoms with van der Waals surface area (Å²) in [5, 5.41) is 7.71. The molecular formula is C10H17N3. The van der Waals surface area contributed by atoms with Crippen molar-refractivity contribution in [3.8, 4) is 0 Å². The molecule has 1 aromatic rings. The molecule has 3 heteroatoms. The van der Waals surface area contributed by atoms with Crippen LogP contribution in [0.15, 0.2) is 12.3 Å². The Hall–Kier alpha value is -0.830. The Morgan fingerprint density at radius 1 is 1.62 bits per heavy atom. The molecule has 1 saturated carbocycles. The van der Waals surface area contributed by atoms with Crippen LogP contribution in [0.25, 0.3) is 0 Å². The van der Waals surface area contributed by atoms with Crippen molar-refractivity contribution in [3.05, 3.63) is 18.0 Å². The van der Waals surface area contributed by atoms with Crippen LogP contribution in [0.5, 0.6) is 0 Å². The van der Waals surface area contributed by atoms with Gasteiger partial charge in [0.25, 0.3) is 0 Å². The second kappa shape index (κ2) is 3.92. The van der Waals surface area contributed by atoms with Crippen LogP contribution in [0.1, 0.15) is 25.0 Å². The molecule has 0 bridgehead atoms. The first kappa shape index (κ1) is 8.75. The zero-order valence-corrected chi connectivity index (χ0v) is 8.16. The third-order valence-corrected chi connectivity index (χ3v) is 2.50. The first-order valence-corrected chi connectivity index (χ1v) is 5.04. The molecule has 3 nitrogen and oxygen atoms in total. The van der Waals surface area contributed by atoms with E-state index in [4.69, 9.17) is 0 Å². The third kappa shape index (κ3) is 2.84. The number of nitrogens with one attached hydrogen (secondary N) is 1. The summed E-state index contributed by atoms with van der Waals surface area (Å²) >= 11 is 0. The van der Waals surface area contributed by atoms with Gasteiger partial charge in [-0.05, 0) is 24.9 Å². The summed E-state index contributed by atoms with van der Waals surface area (Å²) in [5.74, 6) is 1.02. The van der Waals surface area contributed by atoms with E-state index in [1.54, 1.807) is 0 Å². The van der Waals surface area contributed by atoms with Gasteiger partial charge in [-0.3, -0.25) is 4.68 Å². The lowest BCUT2D eigenvalue weighted by molar-refractivity contribution is 0.600. The number of rotatable bonds is 5. The van der Waals surface area contributed by atoms with E-state index in [2.05, 4.69) is 16.5 Å². The zero-order valence-electron chi connectivity index (χ0n) is 8.16. The van der Waals surface area contributed by atoms with Crippen LogP contribution in [-0.4, -0.2) is 16.3 Å². The fourth-order valence-corrected chi connectivity index (χ4v) is 1.49. The quantitative estimate of drug-likeness (QED) is 0.691. The average Bonchev–Trinajstić information content (AvgIpc) is 2.84. The summed E-state index contributed by atoms with van der Waals surface area (Å²) in [5.41, 5.74) is 1.14. The highest BCUT2D eigenvalue weighted by molar-refractivity contribution is 4.97. The SMILES string of the molecule is Cn1ccc(CNCCC2CC2)n1. The molecule has 0 radical (unpaired) electrons. The van der Waals surface area contributed by atoms with Crippen LogP contribution in [0.4, 0.5) is 0 Å². The summed E-state index contributed by atoms with van der Waals surface area (Å²) in [6.07, 6.45) is 6.22. The molecule has 0 saturated heterocycles. The lowest BCUT2D eigenvalue weighted by Crippen LogP contribution is -2.15. The van der Waals surface area contributed by atoms with Crippen LogP contribution in [0, 0.1) is 5.92 Å². The van der Waals surface area contributed by atoms with Crippen LogP contribution < -0.4 is 5.32 Å². The minimum absolute atomic E-state index is 0.910. The third-order valence-electron chi connectivity index (χ3n) is 2.50. The van der Waals surface area contributed by atoms with Gasteiger partial charge in [0.05, 0.1) is 5.69 Å². The normalized spacial score (nSPS) is 16.4. The van der Waals surface area contributed by atoms with Crippen molar-refractivity contribution in [1.82, 2.24) is 15.1 Å². The second-order valence-corrected chi connectivity index (χ2v) is 3.89. The van der Waals surface area contributed by atoms with Gasteiger partial charge in [-0.1, -0.05) is 12.8 Å². The molecule has 1 N–H and O–H groups in total. The summed E-state index contributed by atoms with van der Waals surface area (Å²) in [4.78, 5) is 0. The van der Waals surface area contributed by atoms with E-state index in [1.807, 2.05) is 17.9 Å². The van der Waals surface area contributed by atoms with Gasteiger partial charge in [0.15, 0.2) is 0 Å².